The summed E-state index contributed by atoms with van der Waals surface area (Å²) in [4.78, 5) is 22.0. The van der Waals surface area contributed by atoms with Crippen molar-refractivity contribution < 1.29 is 4.52 Å². The van der Waals surface area contributed by atoms with Crippen molar-refractivity contribution in [1.82, 2.24) is 19.7 Å². The molecule has 0 radical (unpaired) electrons. The van der Waals surface area contributed by atoms with E-state index in [-0.39, 0.29) is 5.56 Å². The lowest BCUT2D eigenvalue weighted by Crippen LogP contribution is -2.23. The lowest BCUT2D eigenvalue weighted by molar-refractivity contribution is 0.382. The number of thioether (sulfide) groups is 1. The van der Waals surface area contributed by atoms with Gasteiger partial charge in [0.1, 0.15) is 0 Å². The van der Waals surface area contributed by atoms with E-state index in [4.69, 9.17) is 9.51 Å². The SMILES string of the molecule is CCCCn1c(SCc2nc(CC(C)C)no2)nc2ccccc2c1=O. The Hall–Kier alpha value is -2.15. The Labute approximate surface area is 157 Å². The fourth-order valence-corrected chi connectivity index (χ4v) is 3.56. The van der Waals surface area contributed by atoms with E-state index in [1.807, 2.05) is 24.3 Å². The van der Waals surface area contributed by atoms with E-state index < -0.39 is 0 Å². The van der Waals surface area contributed by atoms with Crippen molar-refractivity contribution in [3.63, 3.8) is 0 Å². The molecule has 0 fully saturated rings. The Morgan fingerprint density at radius 2 is 2.04 bits per heavy atom. The summed E-state index contributed by atoms with van der Waals surface area (Å²) in [5, 5.41) is 5.38. The summed E-state index contributed by atoms with van der Waals surface area (Å²) in [5.41, 5.74) is 0.733. The summed E-state index contributed by atoms with van der Waals surface area (Å²) in [6.07, 6.45) is 2.75. The van der Waals surface area contributed by atoms with Crippen LogP contribution in [0.2, 0.25) is 0 Å². The maximum Gasteiger partial charge on any atom is 0.262 e. The summed E-state index contributed by atoms with van der Waals surface area (Å²) in [6.45, 7) is 7.02. The molecule has 1 aromatic carbocycles. The van der Waals surface area contributed by atoms with Gasteiger partial charge in [-0.3, -0.25) is 9.36 Å². The molecule has 2 heterocycles. The van der Waals surface area contributed by atoms with Crippen LogP contribution in [-0.2, 0) is 18.7 Å². The third-order valence-corrected chi connectivity index (χ3v) is 4.95. The third-order valence-electron chi connectivity index (χ3n) is 3.99. The summed E-state index contributed by atoms with van der Waals surface area (Å²) >= 11 is 1.47. The zero-order valence-electron chi connectivity index (χ0n) is 15.4. The van der Waals surface area contributed by atoms with Crippen LogP contribution in [0, 0.1) is 5.92 Å². The fraction of sp³-hybridized carbons (Fsp3) is 0.474. The Balaban J connectivity index is 1.85. The molecule has 0 aliphatic rings. The van der Waals surface area contributed by atoms with Gasteiger partial charge in [0.2, 0.25) is 5.89 Å². The summed E-state index contributed by atoms with van der Waals surface area (Å²) < 4.78 is 7.09. The number of fused-ring (bicyclic) bond motifs is 1. The van der Waals surface area contributed by atoms with Crippen LogP contribution in [0.4, 0.5) is 0 Å². The van der Waals surface area contributed by atoms with E-state index in [1.165, 1.54) is 11.8 Å². The largest absolute Gasteiger partial charge is 0.338 e. The highest BCUT2D eigenvalue weighted by molar-refractivity contribution is 7.98. The van der Waals surface area contributed by atoms with E-state index in [0.717, 1.165) is 30.6 Å². The van der Waals surface area contributed by atoms with Crippen molar-refractivity contribution in [3.8, 4) is 0 Å². The highest BCUT2D eigenvalue weighted by Crippen LogP contribution is 2.22. The van der Waals surface area contributed by atoms with Crippen LogP contribution < -0.4 is 5.56 Å². The zero-order chi connectivity index (χ0) is 18.5. The van der Waals surface area contributed by atoms with Gasteiger partial charge in [0.15, 0.2) is 11.0 Å². The second-order valence-electron chi connectivity index (χ2n) is 6.71. The molecule has 0 unspecified atom stereocenters. The summed E-state index contributed by atoms with van der Waals surface area (Å²) in [6, 6.07) is 7.48. The molecule has 0 aliphatic heterocycles. The number of aromatic nitrogens is 4. The van der Waals surface area contributed by atoms with Gasteiger partial charge >= 0.3 is 0 Å². The molecule has 0 spiro atoms. The summed E-state index contributed by atoms with van der Waals surface area (Å²) in [5.74, 6) is 2.28. The molecule has 0 aliphatic carbocycles. The number of hydrogen-bond donors (Lipinski definition) is 0. The zero-order valence-corrected chi connectivity index (χ0v) is 16.3. The first-order valence-electron chi connectivity index (χ1n) is 9.02. The van der Waals surface area contributed by atoms with Crippen LogP contribution in [0.3, 0.4) is 0 Å². The highest BCUT2D eigenvalue weighted by Gasteiger charge is 2.14. The van der Waals surface area contributed by atoms with Crippen molar-refractivity contribution in [2.24, 2.45) is 5.92 Å². The number of rotatable bonds is 8. The molecule has 2 aromatic heterocycles. The molecule has 0 saturated heterocycles. The second kappa shape index (κ2) is 8.49. The number of unbranched alkanes of at least 4 members (excludes halogenated alkanes) is 1. The van der Waals surface area contributed by atoms with E-state index in [0.29, 0.717) is 34.6 Å². The van der Waals surface area contributed by atoms with Gasteiger partial charge in [0, 0.05) is 13.0 Å². The smallest absolute Gasteiger partial charge is 0.262 e. The molecule has 0 saturated carbocycles. The lowest BCUT2D eigenvalue weighted by atomic mass is 10.1. The molecule has 0 bridgehead atoms. The first kappa shape index (κ1) is 18.6. The molecule has 0 N–H and O–H groups in total. The van der Waals surface area contributed by atoms with E-state index in [1.54, 1.807) is 4.57 Å². The quantitative estimate of drug-likeness (QED) is 0.438. The molecular weight excluding hydrogens is 348 g/mol. The van der Waals surface area contributed by atoms with Gasteiger partial charge in [-0.25, -0.2) is 4.98 Å². The van der Waals surface area contributed by atoms with Crippen LogP contribution in [0.5, 0.6) is 0 Å². The number of hydrogen-bond acceptors (Lipinski definition) is 6. The molecule has 3 aromatic rings. The van der Waals surface area contributed by atoms with Gasteiger partial charge in [0.25, 0.3) is 5.56 Å². The van der Waals surface area contributed by atoms with Crippen LogP contribution in [0.1, 0.15) is 45.3 Å². The molecule has 0 atom stereocenters. The standard InChI is InChI=1S/C19H24N4O2S/c1-4-5-10-23-18(24)14-8-6-7-9-15(14)20-19(23)26-12-17-21-16(22-25-17)11-13(2)3/h6-9,13H,4-5,10-12H2,1-3H3. The van der Waals surface area contributed by atoms with Gasteiger partial charge in [-0.2, -0.15) is 4.98 Å². The Morgan fingerprint density at radius 1 is 1.23 bits per heavy atom. The number of nitrogens with zero attached hydrogens (tertiary/aromatic N) is 4. The predicted molar refractivity (Wildman–Crippen MR) is 103 cm³/mol. The predicted octanol–water partition coefficient (Wildman–Crippen LogP) is 4.07. The van der Waals surface area contributed by atoms with E-state index >= 15 is 0 Å². The Kier molecular flexibility index (Phi) is 6.08. The number of benzene rings is 1. The molecule has 3 rings (SSSR count). The fourth-order valence-electron chi connectivity index (χ4n) is 2.69. The van der Waals surface area contributed by atoms with E-state index in [9.17, 15) is 4.79 Å². The third kappa shape index (κ3) is 4.33. The van der Waals surface area contributed by atoms with Crippen molar-refractivity contribution in [1.29, 1.82) is 0 Å². The Morgan fingerprint density at radius 3 is 2.81 bits per heavy atom. The summed E-state index contributed by atoms with van der Waals surface area (Å²) in [7, 11) is 0. The topological polar surface area (TPSA) is 73.8 Å². The molecule has 26 heavy (non-hydrogen) atoms. The first-order valence-corrected chi connectivity index (χ1v) is 10.0. The van der Waals surface area contributed by atoms with Crippen LogP contribution in [0.15, 0.2) is 38.7 Å². The average Bonchev–Trinajstić information content (AvgIpc) is 3.06. The normalized spacial score (nSPS) is 11.5. The maximum atomic E-state index is 12.9. The molecule has 6 nitrogen and oxygen atoms in total. The van der Waals surface area contributed by atoms with Gasteiger partial charge < -0.3 is 4.52 Å². The number of para-hydroxylation sites is 1. The minimum atomic E-state index is 0.0116. The maximum absolute atomic E-state index is 12.9. The van der Waals surface area contributed by atoms with Crippen LogP contribution in [-0.4, -0.2) is 19.7 Å². The van der Waals surface area contributed by atoms with Crippen LogP contribution >= 0.6 is 11.8 Å². The minimum Gasteiger partial charge on any atom is -0.338 e. The highest BCUT2D eigenvalue weighted by atomic mass is 32.2. The van der Waals surface area contributed by atoms with Crippen molar-refractivity contribution in [3.05, 3.63) is 46.3 Å². The van der Waals surface area contributed by atoms with Crippen molar-refractivity contribution in [2.75, 3.05) is 0 Å². The van der Waals surface area contributed by atoms with Gasteiger partial charge in [-0.15, -0.1) is 0 Å². The van der Waals surface area contributed by atoms with Gasteiger partial charge in [-0.1, -0.05) is 56.2 Å². The van der Waals surface area contributed by atoms with Gasteiger partial charge in [0.05, 0.1) is 16.7 Å². The minimum absolute atomic E-state index is 0.0116. The second-order valence-corrected chi connectivity index (χ2v) is 7.66. The Bertz CT molecular complexity index is 933. The molecular formula is C19H24N4O2S. The molecule has 138 valence electrons. The lowest BCUT2D eigenvalue weighted by Gasteiger charge is -2.12. The van der Waals surface area contributed by atoms with Gasteiger partial charge in [-0.05, 0) is 24.5 Å². The average molecular weight is 372 g/mol. The molecule has 7 heteroatoms. The van der Waals surface area contributed by atoms with Crippen LogP contribution in [0.25, 0.3) is 10.9 Å². The van der Waals surface area contributed by atoms with Crippen molar-refractivity contribution >= 4 is 22.7 Å². The van der Waals surface area contributed by atoms with E-state index in [2.05, 4.69) is 30.9 Å². The molecule has 0 amide bonds. The monoisotopic (exact) mass is 372 g/mol. The van der Waals surface area contributed by atoms with Crippen molar-refractivity contribution in [2.45, 2.75) is 57.5 Å². The first-order chi connectivity index (χ1) is 12.6.